The molecule has 0 bridgehead atoms. The number of likely N-dealkylation sites (tertiary alicyclic amines) is 1. The summed E-state index contributed by atoms with van der Waals surface area (Å²) in [6.45, 7) is 5.59. The van der Waals surface area contributed by atoms with Gasteiger partial charge in [0.15, 0.2) is 0 Å². The van der Waals surface area contributed by atoms with Crippen LogP contribution in [-0.2, 0) is 9.53 Å². The van der Waals surface area contributed by atoms with Crippen molar-refractivity contribution < 1.29 is 9.53 Å². The lowest BCUT2D eigenvalue weighted by molar-refractivity contribution is -0.104. The van der Waals surface area contributed by atoms with Gasteiger partial charge in [-0.1, -0.05) is 18.2 Å². The van der Waals surface area contributed by atoms with Crippen molar-refractivity contribution in [3.63, 3.8) is 0 Å². The number of allylic oxidation sites excluding steroid dienone is 1. The first kappa shape index (κ1) is 17.7. The lowest BCUT2D eigenvalue weighted by atomic mass is 9.78. The number of para-hydroxylation sites is 1. The van der Waals surface area contributed by atoms with E-state index in [0.717, 1.165) is 69.2 Å². The van der Waals surface area contributed by atoms with Gasteiger partial charge in [0.25, 0.3) is 0 Å². The number of aliphatic imine (C=N–C) groups is 1. The Morgan fingerprint density at radius 3 is 2.56 bits per heavy atom. The molecule has 2 saturated heterocycles. The highest BCUT2D eigenvalue weighted by atomic mass is 16.5. The molecular weight excluding hydrogens is 314 g/mol. The molecule has 0 unspecified atom stereocenters. The summed E-state index contributed by atoms with van der Waals surface area (Å²) < 4.78 is 5.60. The number of carbonyl (C=O) groups excluding carboxylic acids is 1. The van der Waals surface area contributed by atoms with E-state index >= 15 is 0 Å². The van der Waals surface area contributed by atoms with Crippen molar-refractivity contribution >= 4 is 17.8 Å². The van der Waals surface area contributed by atoms with Crippen molar-refractivity contribution in [3.05, 3.63) is 42.2 Å². The average molecular weight is 341 g/mol. The number of ether oxygens (including phenoxy) is 1. The van der Waals surface area contributed by atoms with Crippen LogP contribution >= 0.6 is 0 Å². The second-order valence-electron chi connectivity index (χ2n) is 7.00. The van der Waals surface area contributed by atoms with Gasteiger partial charge in [0.1, 0.15) is 17.9 Å². The summed E-state index contributed by atoms with van der Waals surface area (Å²) in [5, 5.41) is 0. The van der Waals surface area contributed by atoms with Gasteiger partial charge >= 0.3 is 0 Å². The number of nitrogens with zero attached hydrogens (tertiary/aromatic N) is 3. The quantitative estimate of drug-likeness (QED) is 0.365. The summed E-state index contributed by atoms with van der Waals surface area (Å²) in [7, 11) is 1.99. The van der Waals surface area contributed by atoms with Crippen molar-refractivity contribution in [2.24, 2.45) is 10.4 Å². The Bertz CT molecular complexity index is 638. The molecule has 1 aromatic rings. The normalized spacial score (nSPS) is 20.8. The Morgan fingerprint density at radius 2 is 1.96 bits per heavy atom. The summed E-state index contributed by atoms with van der Waals surface area (Å²) >= 11 is 0. The molecule has 0 atom stereocenters. The summed E-state index contributed by atoms with van der Waals surface area (Å²) in [6.07, 6.45) is 5.77. The van der Waals surface area contributed by atoms with Gasteiger partial charge in [-0.3, -0.25) is 4.79 Å². The van der Waals surface area contributed by atoms with Crippen LogP contribution in [0.2, 0.25) is 0 Å². The molecular formula is C20H27N3O2. The monoisotopic (exact) mass is 341 g/mol. The van der Waals surface area contributed by atoms with Gasteiger partial charge in [-0.15, -0.1) is 0 Å². The Kier molecular flexibility index (Phi) is 5.53. The van der Waals surface area contributed by atoms with Crippen LogP contribution in [0, 0.1) is 5.41 Å². The van der Waals surface area contributed by atoms with Crippen LogP contribution in [0.3, 0.4) is 0 Å². The third kappa shape index (κ3) is 4.10. The number of amidine groups is 1. The van der Waals surface area contributed by atoms with Gasteiger partial charge in [-0.2, -0.15) is 0 Å². The molecule has 0 amide bonds. The molecule has 1 aromatic carbocycles. The highest BCUT2D eigenvalue weighted by molar-refractivity contribution is 5.96. The second-order valence-corrected chi connectivity index (χ2v) is 7.00. The fraction of sp³-hybridized carbons (Fsp3) is 0.500. The minimum atomic E-state index is 0.350. The number of aldehydes is 1. The number of hydrogen-bond donors (Lipinski definition) is 0. The summed E-state index contributed by atoms with van der Waals surface area (Å²) in [6, 6.07) is 10.1. The lowest BCUT2D eigenvalue weighted by Gasteiger charge is -2.39. The zero-order valence-corrected chi connectivity index (χ0v) is 15.1. The summed E-state index contributed by atoms with van der Waals surface area (Å²) in [4.78, 5) is 20.1. The van der Waals surface area contributed by atoms with E-state index in [2.05, 4.69) is 4.90 Å². The number of rotatable bonds is 4. The first-order chi connectivity index (χ1) is 12.1. The molecule has 0 aromatic heterocycles. The number of piperidine rings is 1. The molecule has 25 heavy (non-hydrogen) atoms. The minimum Gasteiger partial charge on any atom is -0.381 e. The maximum Gasteiger partial charge on any atom is 0.146 e. The van der Waals surface area contributed by atoms with Crippen LogP contribution in [-0.4, -0.2) is 50.4 Å². The maximum absolute atomic E-state index is 11.1. The number of benzene rings is 1. The smallest absolute Gasteiger partial charge is 0.146 e. The Balaban J connectivity index is 1.71. The van der Waals surface area contributed by atoms with E-state index in [0.29, 0.717) is 5.41 Å². The number of carbonyl (C=O) groups is 1. The zero-order chi connectivity index (χ0) is 17.7. The fourth-order valence-corrected chi connectivity index (χ4v) is 3.61. The standard InChI is InChI=1S/C20H27N3O2/c1-17(22(2)18-6-4-3-5-7-18)21-19(8-14-24)23-12-9-20(10-13-23)11-15-25-16-20/h3-8,14H,9-13,15-16H2,1-2H3/b19-8+,21-17?. The van der Waals surface area contributed by atoms with Crippen LogP contribution in [0.15, 0.2) is 47.2 Å². The third-order valence-electron chi connectivity index (χ3n) is 5.46. The molecule has 134 valence electrons. The number of anilines is 1. The summed E-state index contributed by atoms with van der Waals surface area (Å²) in [5.41, 5.74) is 1.43. The fourth-order valence-electron chi connectivity index (χ4n) is 3.61. The van der Waals surface area contributed by atoms with Gasteiger partial charge in [0.05, 0.1) is 6.61 Å². The predicted octanol–water partition coefficient (Wildman–Crippen LogP) is 3.08. The molecule has 0 radical (unpaired) electrons. The van der Waals surface area contributed by atoms with E-state index in [1.165, 1.54) is 0 Å². The molecule has 1 spiro atoms. The van der Waals surface area contributed by atoms with E-state index in [4.69, 9.17) is 9.73 Å². The lowest BCUT2D eigenvalue weighted by Crippen LogP contribution is -2.40. The molecule has 2 fully saturated rings. The molecule has 5 nitrogen and oxygen atoms in total. The van der Waals surface area contributed by atoms with Crippen LogP contribution in [0.25, 0.3) is 0 Å². The van der Waals surface area contributed by atoms with Crippen LogP contribution in [0.4, 0.5) is 5.69 Å². The van der Waals surface area contributed by atoms with E-state index in [1.54, 1.807) is 6.08 Å². The molecule has 2 heterocycles. The molecule has 0 N–H and O–H groups in total. The largest absolute Gasteiger partial charge is 0.381 e. The molecule has 0 aliphatic carbocycles. The Morgan fingerprint density at radius 1 is 1.24 bits per heavy atom. The topological polar surface area (TPSA) is 45.1 Å². The third-order valence-corrected chi connectivity index (χ3v) is 5.46. The van der Waals surface area contributed by atoms with E-state index in [1.807, 2.05) is 49.2 Å². The van der Waals surface area contributed by atoms with Crippen molar-refractivity contribution in [1.82, 2.24) is 4.90 Å². The Hall–Kier alpha value is -2.14. The van der Waals surface area contributed by atoms with E-state index < -0.39 is 0 Å². The Labute approximate surface area is 150 Å². The zero-order valence-electron chi connectivity index (χ0n) is 15.1. The van der Waals surface area contributed by atoms with Crippen LogP contribution in [0.1, 0.15) is 26.2 Å². The van der Waals surface area contributed by atoms with Gasteiger partial charge < -0.3 is 14.5 Å². The molecule has 5 heteroatoms. The first-order valence-electron chi connectivity index (χ1n) is 8.96. The van der Waals surface area contributed by atoms with Crippen molar-refractivity contribution in [2.45, 2.75) is 26.2 Å². The van der Waals surface area contributed by atoms with Gasteiger partial charge in [-0.25, -0.2) is 4.99 Å². The van der Waals surface area contributed by atoms with Crippen molar-refractivity contribution in [1.29, 1.82) is 0 Å². The molecule has 2 aliphatic heterocycles. The van der Waals surface area contributed by atoms with Crippen molar-refractivity contribution in [3.8, 4) is 0 Å². The summed E-state index contributed by atoms with van der Waals surface area (Å²) in [5.74, 6) is 1.62. The maximum atomic E-state index is 11.1. The van der Waals surface area contributed by atoms with E-state index in [-0.39, 0.29) is 0 Å². The van der Waals surface area contributed by atoms with Crippen molar-refractivity contribution in [2.75, 3.05) is 38.3 Å². The molecule has 0 saturated carbocycles. The highest BCUT2D eigenvalue weighted by Gasteiger charge is 2.38. The van der Waals surface area contributed by atoms with Crippen LogP contribution < -0.4 is 4.90 Å². The molecule has 3 rings (SSSR count). The van der Waals surface area contributed by atoms with Gasteiger partial charge in [-0.05, 0) is 43.7 Å². The van der Waals surface area contributed by atoms with Crippen LogP contribution in [0.5, 0.6) is 0 Å². The number of hydrogen-bond acceptors (Lipinski definition) is 4. The molecule has 2 aliphatic rings. The highest BCUT2D eigenvalue weighted by Crippen LogP contribution is 2.39. The average Bonchev–Trinajstić information content (AvgIpc) is 3.10. The van der Waals surface area contributed by atoms with Gasteiger partial charge in [0, 0.05) is 38.5 Å². The van der Waals surface area contributed by atoms with E-state index in [9.17, 15) is 4.79 Å². The predicted molar refractivity (Wildman–Crippen MR) is 101 cm³/mol. The SMILES string of the molecule is CC(=N/C(=C\C=O)N1CCC2(CCOC2)CC1)N(C)c1ccccc1. The first-order valence-corrected chi connectivity index (χ1v) is 8.96. The minimum absolute atomic E-state index is 0.350. The second kappa shape index (κ2) is 7.83. The van der Waals surface area contributed by atoms with Gasteiger partial charge in [0.2, 0.25) is 0 Å².